The summed E-state index contributed by atoms with van der Waals surface area (Å²) < 4.78 is 27.2. The summed E-state index contributed by atoms with van der Waals surface area (Å²) in [7, 11) is -3.44. The van der Waals surface area contributed by atoms with E-state index in [0.717, 1.165) is 64.1 Å². The minimum absolute atomic E-state index is 0.0932. The molecule has 1 N–H and O–H groups in total. The van der Waals surface area contributed by atoms with E-state index in [4.69, 9.17) is 0 Å². The number of piperidine rings is 1. The van der Waals surface area contributed by atoms with E-state index >= 15 is 0 Å². The van der Waals surface area contributed by atoms with Gasteiger partial charge >= 0.3 is 0 Å². The molecule has 31 heavy (non-hydrogen) atoms. The Kier molecular flexibility index (Phi) is 8.89. The molecule has 0 aromatic heterocycles. The monoisotopic (exact) mass is 450 g/mol. The number of nitrogens with one attached hydrogen (secondary N) is 1. The van der Waals surface area contributed by atoms with Gasteiger partial charge in [0.1, 0.15) is 0 Å². The number of carbonyl (C=O) groups is 1. The van der Waals surface area contributed by atoms with Crippen molar-refractivity contribution in [1.29, 1.82) is 0 Å². The SMILES string of the molecule is CCN1CCN(CCCNC(=O)CC2CCN(S(=O)(=O)c3ccc(C)cc3)CC2)CC1. The van der Waals surface area contributed by atoms with Gasteiger partial charge < -0.3 is 15.1 Å². The number of aryl methyl sites for hydroxylation is 1. The van der Waals surface area contributed by atoms with Gasteiger partial charge in [-0.2, -0.15) is 4.31 Å². The number of hydrogen-bond donors (Lipinski definition) is 1. The molecule has 2 fully saturated rings. The summed E-state index contributed by atoms with van der Waals surface area (Å²) in [6.07, 6.45) is 2.94. The molecule has 0 aliphatic carbocycles. The molecule has 2 heterocycles. The summed E-state index contributed by atoms with van der Waals surface area (Å²) in [4.78, 5) is 17.6. The van der Waals surface area contributed by atoms with Crippen LogP contribution in [0.4, 0.5) is 0 Å². The first-order valence-corrected chi connectivity index (χ1v) is 13.1. The van der Waals surface area contributed by atoms with Crippen LogP contribution in [0.5, 0.6) is 0 Å². The summed E-state index contributed by atoms with van der Waals surface area (Å²) in [5.41, 5.74) is 1.04. The standard InChI is InChI=1S/C23H38N4O3S/c1-3-25-15-17-26(18-16-25)12-4-11-24-23(28)19-21-9-13-27(14-10-21)31(29,30)22-7-5-20(2)6-8-22/h5-8,21H,3-4,9-19H2,1-2H3,(H,24,28). The highest BCUT2D eigenvalue weighted by atomic mass is 32.2. The Bertz CT molecular complexity index is 797. The normalized spacial score (nSPS) is 20.1. The Morgan fingerprint density at radius 2 is 1.61 bits per heavy atom. The average Bonchev–Trinajstić information content (AvgIpc) is 2.78. The molecule has 8 heteroatoms. The predicted octanol–water partition coefficient (Wildman–Crippen LogP) is 1.93. The van der Waals surface area contributed by atoms with Gasteiger partial charge in [0.05, 0.1) is 4.90 Å². The molecule has 2 aliphatic heterocycles. The van der Waals surface area contributed by atoms with Crippen LogP contribution in [0.3, 0.4) is 0 Å². The zero-order chi connectivity index (χ0) is 22.3. The largest absolute Gasteiger partial charge is 0.356 e. The fraction of sp³-hybridized carbons (Fsp3) is 0.696. The Balaban J connectivity index is 1.32. The van der Waals surface area contributed by atoms with E-state index in [1.807, 2.05) is 19.1 Å². The summed E-state index contributed by atoms with van der Waals surface area (Å²) in [5, 5.41) is 3.05. The lowest BCUT2D eigenvalue weighted by atomic mass is 9.94. The highest BCUT2D eigenvalue weighted by molar-refractivity contribution is 7.89. The lowest BCUT2D eigenvalue weighted by molar-refractivity contribution is -0.122. The molecule has 0 bridgehead atoms. The third-order valence-electron chi connectivity index (χ3n) is 6.59. The van der Waals surface area contributed by atoms with Crippen LogP contribution in [0.2, 0.25) is 0 Å². The van der Waals surface area contributed by atoms with Crippen molar-refractivity contribution in [2.45, 2.75) is 44.4 Å². The van der Waals surface area contributed by atoms with Crippen LogP contribution >= 0.6 is 0 Å². The number of sulfonamides is 1. The molecule has 0 radical (unpaired) electrons. The minimum Gasteiger partial charge on any atom is -0.356 e. The van der Waals surface area contributed by atoms with Crippen LogP contribution in [0.15, 0.2) is 29.2 Å². The molecule has 7 nitrogen and oxygen atoms in total. The number of benzene rings is 1. The van der Waals surface area contributed by atoms with E-state index in [1.165, 1.54) is 0 Å². The van der Waals surface area contributed by atoms with Crippen LogP contribution < -0.4 is 5.32 Å². The molecule has 2 saturated heterocycles. The van der Waals surface area contributed by atoms with Gasteiger partial charge in [0.2, 0.25) is 15.9 Å². The first-order valence-electron chi connectivity index (χ1n) is 11.7. The molecule has 0 unspecified atom stereocenters. The molecule has 0 spiro atoms. The van der Waals surface area contributed by atoms with Gasteiger partial charge in [0, 0.05) is 52.2 Å². The summed E-state index contributed by atoms with van der Waals surface area (Å²) in [6, 6.07) is 7.01. The van der Waals surface area contributed by atoms with Crippen molar-refractivity contribution in [2.24, 2.45) is 5.92 Å². The number of hydrogen-bond acceptors (Lipinski definition) is 5. The third-order valence-corrected chi connectivity index (χ3v) is 8.50. The second-order valence-electron chi connectivity index (χ2n) is 8.84. The van der Waals surface area contributed by atoms with E-state index in [1.54, 1.807) is 16.4 Å². The number of piperazine rings is 1. The van der Waals surface area contributed by atoms with E-state index in [2.05, 4.69) is 22.0 Å². The third kappa shape index (κ3) is 7.00. The molecule has 174 valence electrons. The molecule has 2 aliphatic rings. The highest BCUT2D eigenvalue weighted by Crippen LogP contribution is 2.25. The van der Waals surface area contributed by atoms with Crippen LogP contribution in [-0.2, 0) is 14.8 Å². The van der Waals surface area contributed by atoms with E-state index in [9.17, 15) is 13.2 Å². The predicted molar refractivity (Wildman–Crippen MR) is 123 cm³/mol. The highest BCUT2D eigenvalue weighted by Gasteiger charge is 2.30. The molecular formula is C23H38N4O3S. The summed E-state index contributed by atoms with van der Waals surface area (Å²) in [6.45, 7) is 12.5. The maximum absolute atomic E-state index is 12.8. The molecule has 1 amide bonds. The minimum atomic E-state index is -3.44. The Labute approximate surface area is 187 Å². The second-order valence-corrected chi connectivity index (χ2v) is 10.8. The first-order chi connectivity index (χ1) is 14.9. The van der Waals surface area contributed by atoms with Crippen molar-refractivity contribution in [1.82, 2.24) is 19.4 Å². The van der Waals surface area contributed by atoms with Crippen LogP contribution in [0.25, 0.3) is 0 Å². The van der Waals surface area contributed by atoms with Crippen molar-refractivity contribution >= 4 is 15.9 Å². The van der Waals surface area contributed by atoms with Crippen LogP contribution in [0, 0.1) is 12.8 Å². The van der Waals surface area contributed by atoms with Gasteiger partial charge in [-0.1, -0.05) is 24.6 Å². The van der Waals surface area contributed by atoms with Crippen molar-refractivity contribution in [3.8, 4) is 0 Å². The Morgan fingerprint density at radius 1 is 1.00 bits per heavy atom. The molecule has 3 rings (SSSR count). The number of carbonyl (C=O) groups excluding carboxylic acids is 1. The molecular weight excluding hydrogens is 412 g/mol. The van der Waals surface area contributed by atoms with Crippen molar-refractivity contribution in [3.05, 3.63) is 29.8 Å². The number of nitrogens with zero attached hydrogens (tertiary/aromatic N) is 3. The number of amides is 1. The van der Waals surface area contributed by atoms with Crippen LogP contribution in [-0.4, -0.2) is 87.3 Å². The first kappa shape index (κ1) is 24.2. The van der Waals surface area contributed by atoms with Gasteiger partial charge in [-0.15, -0.1) is 0 Å². The smallest absolute Gasteiger partial charge is 0.243 e. The fourth-order valence-corrected chi connectivity index (χ4v) is 5.88. The molecule has 0 saturated carbocycles. The molecule has 0 atom stereocenters. The van der Waals surface area contributed by atoms with Gasteiger partial charge in [0.25, 0.3) is 0 Å². The van der Waals surface area contributed by atoms with Gasteiger partial charge in [-0.05, 0) is 57.3 Å². The summed E-state index contributed by atoms with van der Waals surface area (Å²) in [5.74, 6) is 0.349. The lowest BCUT2D eigenvalue weighted by Gasteiger charge is -2.34. The second kappa shape index (κ2) is 11.4. The Hall–Kier alpha value is -1.48. The maximum Gasteiger partial charge on any atom is 0.243 e. The van der Waals surface area contributed by atoms with E-state index in [-0.39, 0.29) is 11.8 Å². The average molecular weight is 451 g/mol. The molecule has 1 aromatic carbocycles. The summed E-state index contributed by atoms with van der Waals surface area (Å²) >= 11 is 0. The van der Waals surface area contributed by atoms with Gasteiger partial charge in [-0.3, -0.25) is 4.79 Å². The van der Waals surface area contributed by atoms with Crippen molar-refractivity contribution in [2.75, 3.05) is 58.9 Å². The van der Waals surface area contributed by atoms with Crippen molar-refractivity contribution < 1.29 is 13.2 Å². The van der Waals surface area contributed by atoms with E-state index in [0.29, 0.717) is 31.0 Å². The number of likely N-dealkylation sites (N-methyl/N-ethyl adjacent to an activating group) is 1. The number of rotatable bonds is 9. The van der Waals surface area contributed by atoms with Gasteiger partial charge in [0.15, 0.2) is 0 Å². The van der Waals surface area contributed by atoms with E-state index < -0.39 is 10.0 Å². The molecule has 1 aromatic rings. The fourth-order valence-electron chi connectivity index (χ4n) is 4.41. The quantitative estimate of drug-likeness (QED) is 0.582. The van der Waals surface area contributed by atoms with Crippen LogP contribution in [0.1, 0.15) is 38.2 Å². The zero-order valence-electron chi connectivity index (χ0n) is 19.1. The van der Waals surface area contributed by atoms with Crippen molar-refractivity contribution in [3.63, 3.8) is 0 Å². The lowest BCUT2D eigenvalue weighted by Crippen LogP contribution is -2.46. The topological polar surface area (TPSA) is 73.0 Å². The zero-order valence-corrected chi connectivity index (χ0v) is 19.9. The Morgan fingerprint density at radius 3 is 2.23 bits per heavy atom. The maximum atomic E-state index is 12.8. The van der Waals surface area contributed by atoms with Gasteiger partial charge in [-0.25, -0.2) is 8.42 Å².